The van der Waals surface area contributed by atoms with E-state index >= 15 is 0 Å². The Kier molecular flexibility index (Phi) is 7.23. The zero-order valence-corrected chi connectivity index (χ0v) is 18.1. The molecular formula is C22H23F3N4O5. The van der Waals surface area contributed by atoms with Gasteiger partial charge in [-0.3, -0.25) is 4.79 Å². The second-order valence-corrected chi connectivity index (χ2v) is 7.98. The molecule has 0 saturated heterocycles. The van der Waals surface area contributed by atoms with Gasteiger partial charge in [-0.25, -0.2) is 4.68 Å². The van der Waals surface area contributed by atoms with E-state index in [-0.39, 0.29) is 43.6 Å². The summed E-state index contributed by atoms with van der Waals surface area (Å²) in [6.07, 6.45) is -3.55. The number of fused-ring (bicyclic) bond motifs is 2. The predicted octanol–water partition coefficient (Wildman–Crippen LogP) is 2.23. The number of alkyl halides is 3. The van der Waals surface area contributed by atoms with E-state index in [0.29, 0.717) is 43.2 Å². The smallest absolute Gasteiger partial charge is 0.411 e. The van der Waals surface area contributed by atoms with E-state index in [1.165, 1.54) is 0 Å². The molecule has 0 spiro atoms. The Hall–Kier alpha value is -3.30. The van der Waals surface area contributed by atoms with E-state index < -0.39 is 12.8 Å². The van der Waals surface area contributed by atoms with E-state index in [0.717, 1.165) is 5.56 Å². The first-order chi connectivity index (χ1) is 16.3. The van der Waals surface area contributed by atoms with Crippen LogP contribution in [0.3, 0.4) is 0 Å². The number of nitriles is 1. The minimum Gasteiger partial charge on any atom is -0.491 e. The number of rotatable bonds is 8. The van der Waals surface area contributed by atoms with Gasteiger partial charge in [0.1, 0.15) is 25.1 Å². The molecule has 2 aromatic rings. The summed E-state index contributed by atoms with van der Waals surface area (Å²) in [6.45, 7) is -0.446. The number of aryl methyl sites for hydroxylation is 1. The molecule has 4 rings (SSSR count). The molecule has 2 atom stereocenters. The van der Waals surface area contributed by atoms with E-state index in [2.05, 4.69) is 21.2 Å². The van der Waals surface area contributed by atoms with E-state index in [1.807, 2.05) is 0 Å². The van der Waals surface area contributed by atoms with Crippen molar-refractivity contribution in [2.75, 3.05) is 33.0 Å². The summed E-state index contributed by atoms with van der Waals surface area (Å²) in [5, 5.41) is 16.3. The number of carbonyl (C=O) groups is 1. The molecule has 9 nitrogen and oxygen atoms in total. The maximum absolute atomic E-state index is 12.7. The van der Waals surface area contributed by atoms with Gasteiger partial charge in [0.05, 0.1) is 37.5 Å². The molecule has 1 aromatic carbocycles. The van der Waals surface area contributed by atoms with Crippen molar-refractivity contribution in [1.29, 1.82) is 5.26 Å². The highest BCUT2D eigenvalue weighted by molar-refractivity contribution is 5.92. The number of amides is 1. The first kappa shape index (κ1) is 23.8. The number of carbonyl (C=O) groups excluding carboxylic acids is 1. The number of aromatic nitrogens is 2. The van der Waals surface area contributed by atoms with Crippen molar-refractivity contribution < 1.29 is 36.9 Å². The van der Waals surface area contributed by atoms with Crippen molar-refractivity contribution in [3.8, 4) is 17.7 Å². The highest BCUT2D eigenvalue weighted by atomic mass is 19.4. The largest absolute Gasteiger partial charge is 0.491 e. The Labute approximate surface area is 193 Å². The Balaban J connectivity index is 1.24. The van der Waals surface area contributed by atoms with Crippen LogP contribution in [0.5, 0.6) is 11.6 Å². The van der Waals surface area contributed by atoms with Crippen LogP contribution in [-0.2, 0) is 22.4 Å². The third-order valence-corrected chi connectivity index (χ3v) is 5.30. The molecule has 2 aliphatic rings. The fraction of sp³-hybridized carbons (Fsp3) is 0.500. The lowest BCUT2D eigenvalue weighted by atomic mass is 10.0. The summed E-state index contributed by atoms with van der Waals surface area (Å²) < 4.78 is 59.0. The summed E-state index contributed by atoms with van der Waals surface area (Å²) in [5.41, 5.74) is 1.59. The normalized spacial score (nSPS) is 19.2. The van der Waals surface area contributed by atoms with Gasteiger partial charge in [0, 0.05) is 19.0 Å². The maximum atomic E-state index is 12.7. The lowest BCUT2D eigenvalue weighted by Gasteiger charge is -2.25. The van der Waals surface area contributed by atoms with Crippen molar-refractivity contribution in [3.05, 3.63) is 41.1 Å². The summed E-state index contributed by atoms with van der Waals surface area (Å²) >= 11 is 0. The molecule has 12 heteroatoms. The molecule has 0 bridgehead atoms. The highest BCUT2D eigenvalue weighted by Gasteiger charge is 2.28. The fourth-order valence-electron chi connectivity index (χ4n) is 3.72. The summed E-state index contributed by atoms with van der Waals surface area (Å²) in [4.78, 5) is 12.7. The zero-order valence-electron chi connectivity index (χ0n) is 18.1. The van der Waals surface area contributed by atoms with Crippen LogP contribution in [0, 0.1) is 11.3 Å². The second-order valence-electron chi connectivity index (χ2n) is 7.98. The third-order valence-electron chi connectivity index (χ3n) is 5.30. The van der Waals surface area contributed by atoms with Gasteiger partial charge in [-0.05, 0) is 30.2 Å². The van der Waals surface area contributed by atoms with Crippen LogP contribution in [0.15, 0.2) is 24.3 Å². The minimum atomic E-state index is -4.36. The number of hydrogen-bond acceptors (Lipinski definition) is 7. The zero-order chi connectivity index (χ0) is 24.1. The molecule has 0 radical (unpaired) electrons. The number of benzene rings is 1. The average molecular weight is 480 g/mol. The van der Waals surface area contributed by atoms with Crippen molar-refractivity contribution >= 4 is 5.91 Å². The van der Waals surface area contributed by atoms with Gasteiger partial charge in [-0.1, -0.05) is 0 Å². The number of ether oxygens (including phenoxy) is 4. The number of nitrogens with zero attached hydrogens (tertiary/aromatic N) is 3. The molecule has 182 valence electrons. The fourth-order valence-corrected chi connectivity index (χ4v) is 3.72. The number of halogens is 3. The summed E-state index contributed by atoms with van der Waals surface area (Å²) in [7, 11) is 0. The standard InChI is InChI=1S/C22H23F3N4O5/c23-22(24,25)13-32-6-5-31-12-17-3-4-29-20(34-17)9-18(28-29)21(30)27-16-8-15-7-14(10-26)1-2-19(15)33-11-16/h1-2,7,9,16-17H,3-6,8,11-13H2,(H,27,30)/t16-,17?/m1/s1. The van der Waals surface area contributed by atoms with Gasteiger partial charge in [-0.2, -0.15) is 23.5 Å². The molecule has 1 N–H and O–H groups in total. The monoisotopic (exact) mass is 480 g/mol. The van der Waals surface area contributed by atoms with E-state index in [1.54, 1.807) is 28.9 Å². The first-order valence-electron chi connectivity index (χ1n) is 10.7. The molecule has 0 fully saturated rings. The molecule has 3 heterocycles. The SMILES string of the molecule is N#Cc1ccc2c(c1)C[C@@H](NC(=O)c1cc3n(n1)CCC(COCCOCC(F)(F)F)O3)CO2. The predicted molar refractivity (Wildman–Crippen MR) is 111 cm³/mol. The van der Waals surface area contributed by atoms with Gasteiger partial charge in [0.25, 0.3) is 5.91 Å². The topological polar surface area (TPSA) is 108 Å². The van der Waals surface area contributed by atoms with Crippen molar-refractivity contribution in [3.63, 3.8) is 0 Å². The van der Waals surface area contributed by atoms with E-state index in [4.69, 9.17) is 19.5 Å². The Morgan fingerprint density at radius 1 is 1.29 bits per heavy atom. The molecule has 1 amide bonds. The van der Waals surface area contributed by atoms with Gasteiger partial charge in [0.2, 0.25) is 5.88 Å². The molecular weight excluding hydrogens is 457 g/mol. The van der Waals surface area contributed by atoms with Crippen molar-refractivity contribution in [2.24, 2.45) is 0 Å². The quantitative estimate of drug-likeness (QED) is 0.578. The minimum absolute atomic E-state index is 0.0192. The Morgan fingerprint density at radius 2 is 2.12 bits per heavy atom. The Bertz CT molecular complexity index is 1070. The Morgan fingerprint density at radius 3 is 2.91 bits per heavy atom. The van der Waals surface area contributed by atoms with Crippen LogP contribution in [0.1, 0.15) is 28.0 Å². The summed E-state index contributed by atoms with van der Waals surface area (Å²) in [5.74, 6) is 0.756. The van der Waals surface area contributed by atoms with Crippen LogP contribution < -0.4 is 14.8 Å². The van der Waals surface area contributed by atoms with Crippen LogP contribution in [0.2, 0.25) is 0 Å². The lowest BCUT2D eigenvalue weighted by Crippen LogP contribution is -2.42. The van der Waals surface area contributed by atoms with Gasteiger partial charge in [0.15, 0.2) is 5.69 Å². The number of nitrogens with one attached hydrogen (secondary N) is 1. The van der Waals surface area contributed by atoms with Crippen LogP contribution in [0.25, 0.3) is 0 Å². The lowest BCUT2D eigenvalue weighted by molar-refractivity contribution is -0.177. The number of hydrogen-bond donors (Lipinski definition) is 1. The molecule has 34 heavy (non-hydrogen) atoms. The molecule has 1 aromatic heterocycles. The van der Waals surface area contributed by atoms with Crippen molar-refractivity contribution in [1.82, 2.24) is 15.1 Å². The molecule has 0 saturated carbocycles. The molecule has 1 unspecified atom stereocenters. The third kappa shape index (κ3) is 6.18. The second kappa shape index (κ2) is 10.3. The van der Waals surface area contributed by atoms with Crippen LogP contribution >= 0.6 is 0 Å². The van der Waals surface area contributed by atoms with Gasteiger partial charge >= 0.3 is 6.18 Å². The van der Waals surface area contributed by atoms with Gasteiger partial charge < -0.3 is 24.3 Å². The maximum Gasteiger partial charge on any atom is 0.411 e. The summed E-state index contributed by atoms with van der Waals surface area (Å²) in [6, 6.07) is 8.55. The average Bonchev–Trinajstić information content (AvgIpc) is 3.24. The van der Waals surface area contributed by atoms with Crippen LogP contribution in [-0.4, -0.2) is 67.0 Å². The van der Waals surface area contributed by atoms with Crippen LogP contribution in [0.4, 0.5) is 13.2 Å². The molecule has 2 aliphatic heterocycles. The molecule has 0 aliphatic carbocycles. The first-order valence-corrected chi connectivity index (χ1v) is 10.7. The van der Waals surface area contributed by atoms with E-state index in [9.17, 15) is 18.0 Å². The van der Waals surface area contributed by atoms with Crippen molar-refractivity contribution in [2.45, 2.75) is 37.7 Å². The highest BCUT2D eigenvalue weighted by Crippen LogP contribution is 2.26. The van der Waals surface area contributed by atoms with Gasteiger partial charge in [-0.15, -0.1) is 0 Å².